The van der Waals surface area contributed by atoms with Gasteiger partial charge in [0, 0.05) is 11.1 Å². The van der Waals surface area contributed by atoms with Crippen LogP contribution in [0.1, 0.15) is 21.5 Å². The van der Waals surface area contributed by atoms with E-state index in [4.69, 9.17) is 0 Å². The van der Waals surface area contributed by atoms with Crippen molar-refractivity contribution in [1.29, 1.82) is 0 Å². The van der Waals surface area contributed by atoms with Gasteiger partial charge in [-0.3, -0.25) is 4.79 Å². The number of benzene rings is 2. The number of nitrogens with zero attached hydrogens (tertiary/aromatic N) is 1. The van der Waals surface area contributed by atoms with Gasteiger partial charge in [-0.1, -0.05) is 24.3 Å². The Hall–Kier alpha value is -2.83. The van der Waals surface area contributed by atoms with Gasteiger partial charge in [0.25, 0.3) is 5.91 Å². The first-order chi connectivity index (χ1) is 10.4. The second kappa shape index (κ2) is 6.30. The number of carbonyl (C=O) groups excluding carboxylic acids is 1. The van der Waals surface area contributed by atoms with Crippen LogP contribution in [0.25, 0.3) is 0 Å². The molecule has 2 aromatic carbocycles. The third kappa shape index (κ3) is 3.85. The Kier molecular flexibility index (Phi) is 4.45. The van der Waals surface area contributed by atoms with Crippen LogP contribution in [0.15, 0.2) is 53.6 Å². The molecular formula is C15H11F3N2O2. The Labute approximate surface area is 123 Å². The van der Waals surface area contributed by atoms with Gasteiger partial charge in [0.2, 0.25) is 0 Å². The van der Waals surface area contributed by atoms with Crippen molar-refractivity contribution in [3.63, 3.8) is 0 Å². The van der Waals surface area contributed by atoms with E-state index in [0.717, 1.165) is 12.3 Å². The van der Waals surface area contributed by atoms with E-state index >= 15 is 0 Å². The first-order valence-electron chi connectivity index (χ1n) is 6.16. The molecule has 0 heterocycles. The number of nitrogens with one attached hydrogen (secondary N) is 1. The molecule has 0 aliphatic rings. The number of phenolic OH excluding ortho intramolecular Hbond substituents is 1. The fourth-order valence-corrected chi connectivity index (χ4v) is 1.74. The van der Waals surface area contributed by atoms with Gasteiger partial charge in [-0.25, -0.2) is 5.43 Å². The van der Waals surface area contributed by atoms with Gasteiger partial charge in [-0.15, -0.1) is 0 Å². The summed E-state index contributed by atoms with van der Waals surface area (Å²) in [4.78, 5) is 11.7. The van der Waals surface area contributed by atoms with Gasteiger partial charge in [0.05, 0.1) is 11.8 Å². The van der Waals surface area contributed by atoms with Gasteiger partial charge in [0.15, 0.2) is 0 Å². The monoisotopic (exact) mass is 308 g/mol. The molecule has 0 aliphatic carbocycles. The minimum Gasteiger partial charge on any atom is -0.508 e. The predicted molar refractivity (Wildman–Crippen MR) is 74.6 cm³/mol. The maximum atomic E-state index is 12.8. The van der Waals surface area contributed by atoms with Crippen molar-refractivity contribution in [3.05, 3.63) is 65.2 Å². The number of amides is 1. The van der Waals surface area contributed by atoms with Crippen molar-refractivity contribution in [2.24, 2.45) is 5.10 Å². The van der Waals surface area contributed by atoms with E-state index in [2.05, 4.69) is 10.5 Å². The summed E-state index contributed by atoms with van der Waals surface area (Å²) >= 11 is 0. The number of alkyl halides is 3. The van der Waals surface area contributed by atoms with Crippen LogP contribution < -0.4 is 5.43 Å². The average molecular weight is 308 g/mol. The van der Waals surface area contributed by atoms with Crippen LogP contribution in [0.2, 0.25) is 0 Å². The number of hydrazone groups is 1. The van der Waals surface area contributed by atoms with Crippen molar-refractivity contribution in [3.8, 4) is 5.75 Å². The summed E-state index contributed by atoms with van der Waals surface area (Å²) in [5.74, 6) is -0.740. The lowest BCUT2D eigenvalue weighted by molar-refractivity contribution is -0.137. The van der Waals surface area contributed by atoms with Crippen molar-refractivity contribution in [2.75, 3.05) is 0 Å². The van der Waals surface area contributed by atoms with Crippen molar-refractivity contribution in [1.82, 2.24) is 5.43 Å². The first-order valence-corrected chi connectivity index (χ1v) is 6.16. The molecule has 0 saturated carbocycles. The molecule has 0 aliphatic heterocycles. The average Bonchev–Trinajstić information content (AvgIpc) is 2.46. The second-order valence-corrected chi connectivity index (χ2v) is 4.33. The third-order valence-electron chi connectivity index (χ3n) is 2.74. The zero-order valence-corrected chi connectivity index (χ0v) is 11.1. The molecule has 0 fully saturated rings. The molecule has 0 saturated heterocycles. The molecule has 0 unspecified atom stereocenters. The van der Waals surface area contributed by atoms with E-state index in [0.29, 0.717) is 0 Å². The third-order valence-corrected chi connectivity index (χ3v) is 2.74. The van der Waals surface area contributed by atoms with Gasteiger partial charge in [-0.05, 0) is 24.3 Å². The zero-order valence-electron chi connectivity index (χ0n) is 11.1. The van der Waals surface area contributed by atoms with Crippen LogP contribution in [-0.2, 0) is 6.18 Å². The Morgan fingerprint density at radius 2 is 1.86 bits per heavy atom. The topological polar surface area (TPSA) is 61.7 Å². The van der Waals surface area contributed by atoms with E-state index in [1.54, 1.807) is 0 Å². The Morgan fingerprint density at radius 3 is 2.55 bits per heavy atom. The lowest BCUT2D eigenvalue weighted by Crippen LogP contribution is -2.18. The summed E-state index contributed by atoms with van der Waals surface area (Å²) in [5.41, 5.74) is 1.24. The molecule has 0 atom stereocenters. The fourth-order valence-electron chi connectivity index (χ4n) is 1.74. The van der Waals surface area contributed by atoms with Crippen LogP contribution >= 0.6 is 0 Å². The maximum Gasteiger partial charge on any atom is 0.417 e. The van der Waals surface area contributed by atoms with E-state index in [1.165, 1.54) is 42.5 Å². The molecule has 0 radical (unpaired) electrons. The fraction of sp³-hybridized carbons (Fsp3) is 0.0667. The number of aromatic hydroxyl groups is 1. The Morgan fingerprint density at radius 1 is 1.14 bits per heavy atom. The number of rotatable bonds is 3. The largest absolute Gasteiger partial charge is 0.508 e. The van der Waals surface area contributed by atoms with Crippen molar-refractivity contribution >= 4 is 12.1 Å². The summed E-state index contributed by atoms with van der Waals surface area (Å²) in [6.45, 7) is 0. The van der Waals surface area contributed by atoms with Gasteiger partial charge in [-0.2, -0.15) is 18.3 Å². The Balaban J connectivity index is 2.12. The van der Waals surface area contributed by atoms with Gasteiger partial charge < -0.3 is 5.11 Å². The quantitative estimate of drug-likeness (QED) is 0.676. The summed E-state index contributed by atoms with van der Waals surface area (Å²) in [7, 11) is 0. The van der Waals surface area contributed by atoms with Crippen LogP contribution in [0.5, 0.6) is 5.75 Å². The smallest absolute Gasteiger partial charge is 0.417 e. The van der Waals surface area contributed by atoms with Crippen molar-refractivity contribution < 1.29 is 23.1 Å². The highest BCUT2D eigenvalue weighted by Crippen LogP contribution is 2.31. The number of halogens is 3. The van der Waals surface area contributed by atoms with Crippen LogP contribution in [0, 0.1) is 0 Å². The molecule has 0 spiro atoms. The maximum absolute atomic E-state index is 12.8. The molecule has 0 aromatic heterocycles. The molecule has 4 nitrogen and oxygen atoms in total. The number of hydrogen-bond acceptors (Lipinski definition) is 3. The number of carbonyl (C=O) groups is 1. The van der Waals surface area contributed by atoms with Crippen LogP contribution in [-0.4, -0.2) is 17.2 Å². The normalized spacial score (nSPS) is 11.6. The Bertz CT molecular complexity index is 712. The molecule has 0 bridgehead atoms. The lowest BCUT2D eigenvalue weighted by Gasteiger charge is -2.09. The summed E-state index contributed by atoms with van der Waals surface area (Å²) in [6, 6.07) is 10.4. The summed E-state index contributed by atoms with van der Waals surface area (Å²) in [5, 5.41) is 12.8. The summed E-state index contributed by atoms with van der Waals surface area (Å²) in [6.07, 6.45) is -3.58. The minimum atomic E-state index is -4.50. The molecule has 2 N–H and O–H groups in total. The van der Waals surface area contributed by atoms with E-state index in [1.807, 2.05) is 0 Å². The molecule has 114 valence electrons. The number of phenols is 1. The van der Waals surface area contributed by atoms with Gasteiger partial charge in [0.1, 0.15) is 5.75 Å². The highest BCUT2D eigenvalue weighted by molar-refractivity contribution is 5.95. The highest BCUT2D eigenvalue weighted by atomic mass is 19.4. The van der Waals surface area contributed by atoms with Crippen LogP contribution in [0.3, 0.4) is 0 Å². The molecule has 22 heavy (non-hydrogen) atoms. The minimum absolute atomic E-state index is 0.0981. The lowest BCUT2D eigenvalue weighted by atomic mass is 10.1. The van der Waals surface area contributed by atoms with Crippen molar-refractivity contribution in [2.45, 2.75) is 6.18 Å². The predicted octanol–water partition coefficient (Wildman–Crippen LogP) is 3.17. The van der Waals surface area contributed by atoms with E-state index < -0.39 is 17.6 Å². The highest BCUT2D eigenvalue weighted by Gasteiger charge is 2.32. The van der Waals surface area contributed by atoms with Crippen LogP contribution in [0.4, 0.5) is 13.2 Å². The molecule has 2 rings (SSSR count). The van der Waals surface area contributed by atoms with E-state index in [9.17, 15) is 23.1 Å². The van der Waals surface area contributed by atoms with Gasteiger partial charge >= 0.3 is 6.18 Å². The van der Waals surface area contributed by atoms with E-state index in [-0.39, 0.29) is 16.9 Å². The standard InChI is InChI=1S/C15H11F3N2O2/c16-15(17,18)13-7-2-1-4-11(13)9-19-20-14(22)10-5-3-6-12(21)8-10/h1-9,21H,(H,20,22)/b19-9-. The summed E-state index contributed by atoms with van der Waals surface area (Å²) < 4.78 is 38.3. The first kappa shape index (κ1) is 15.6. The molecule has 2 aromatic rings. The SMILES string of the molecule is O=C(N/N=C\c1ccccc1C(F)(F)F)c1cccc(O)c1. The molecule has 1 amide bonds. The second-order valence-electron chi connectivity index (χ2n) is 4.33. The molecular weight excluding hydrogens is 297 g/mol. The number of hydrogen-bond donors (Lipinski definition) is 2. The molecule has 7 heteroatoms. The zero-order chi connectivity index (χ0) is 16.2.